The van der Waals surface area contributed by atoms with E-state index in [-0.39, 0.29) is 23.8 Å². The molecule has 0 saturated carbocycles. The Morgan fingerprint density at radius 2 is 1.75 bits per heavy atom. The van der Waals surface area contributed by atoms with Gasteiger partial charge in [-0.3, -0.25) is 0 Å². The van der Waals surface area contributed by atoms with Crippen molar-refractivity contribution in [2.24, 2.45) is 5.92 Å². The van der Waals surface area contributed by atoms with Gasteiger partial charge in [0.1, 0.15) is 12.2 Å². The molecule has 0 aromatic heterocycles. The zero-order valence-corrected chi connectivity index (χ0v) is 21.2. The van der Waals surface area contributed by atoms with Gasteiger partial charge >= 0.3 is 5.97 Å². The topological polar surface area (TPSA) is 120 Å². The van der Waals surface area contributed by atoms with Crippen molar-refractivity contribution >= 4 is 11.7 Å². The minimum absolute atomic E-state index is 0.0886. The maximum Gasteiger partial charge on any atom is 0.341 e. The predicted molar refractivity (Wildman–Crippen MR) is 130 cm³/mol. The van der Waals surface area contributed by atoms with E-state index in [0.717, 1.165) is 16.7 Å². The molecule has 1 aliphatic carbocycles. The average Bonchev–Trinajstić information content (AvgIpc) is 3.48. The number of hydrogen-bond acceptors (Lipinski definition) is 10. The second kappa shape index (κ2) is 9.50. The van der Waals surface area contributed by atoms with Gasteiger partial charge in [0.2, 0.25) is 12.5 Å². The number of esters is 1. The van der Waals surface area contributed by atoms with E-state index in [2.05, 4.69) is 5.32 Å². The number of benzene rings is 1. The number of anilines is 1. The Balaban J connectivity index is 1.77. The van der Waals surface area contributed by atoms with Crippen LogP contribution in [0.1, 0.15) is 49.7 Å². The lowest BCUT2D eigenvalue weighted by molar-refractivity contribution is -0.0257. The van der Waals surface area contributed by atoms with Gasteiger partial charge in [0, 0.05) is 25.4 Å². The molecule has 0 saturated heterocycles. The second-order valence-electron chi connectivity index (χ2n) is 8.73. The number of rotatable bonds is 8. The van der Waals surface area contributed by atoms with Crippen LogP contribution in [-0.2, 0) is 18.9 Å². The predicted octanol–water partition coefficient (Wildman–Crippen LogP) is 3.34. The fraction of sp³-hybridized carbons (Fsp3) is 0.500. The van der Waals surface area contributed by atoms with Gasteiger partial charge in [0.25, 0.3) is 0 Å². The first kappa shape index (κ1) is 24.2. The maximum atomic E-state index is 13.4. The molecule has 3 unspecified atom stereocenters. The van der Waals surface area contributed by atoms with E-state index < -0.39 is 24.1 Å². The van der Waals surface area contributed by atoms with Crippen LogP contribution in [0.2, 0.25) is 0 Å². The third-order valence-corrected chi connectivity index (χ3v) is 6.78. The van der Waals surface area contributed by atoms with E-state index >= 15 is 0 Å². The third kappa shape index (κ3) is 3.46. The highest BCUT2D eigenvalue weighted by atomic mass is 16.7. The molecule has 10 heteroatoms. The number of nitrogens with one attached hydrogen (secondary N) is 1. The van der Waals surface area contributed by atoms with Crippen LogP contribution in [0.3, 0.4) is 0 Å². The summed E-state index contributed by atoms with van der Waals surface area (Å²) in [5.41, 5.74) is 10.4. The summed E-state index contributed by atoms with van der Waals surface area (Å²) in [6, 6.07) is 0. The number of carbonyl (C=O) groups is 1. The molecule has 194 valence electrons. The third-order valence-electron chi connectivity index (χ3n) is 6.78. The Kier molecular flexibility index (Phi) is 6.38. The van der Waals surface area contributed by atoms with E-state index in [1.165, 1.54) is 0 Å². The molecule has 1 aromatic rings. The highest BCUT2D eigenvalue weighted by Crippen LogP contribution is 2.58. The molecular weight excluding hydrogens is 468 g/mol. The quantitative estimate of drug-likeness (QED) is 0.406. The van der Waals surface area contributed by atoms with Crippen LogP contribution < -0.4 is 25.3 Å². The highest BCUT2D eigenvalue weighted by molar-refractivity contribution is 6.03. The lowest BCUT2D eigenvalue weighted by atomic mass is 9.73. The summed E-state index contributed by atoms with van der Waals surface area (Å²) in [5, 5.41) is 3.29. The molecule has 3 N–H and O–H groups in total. The van der Waals surface area contributed by atoms with Crippen molar-refractivity contribution in [2.75, 3.05) is 46.0 Å². The number of allylic oxidation sites excluding steroid dienone is 1. The number of ether oxygens (including phenoxy) is 7. The number of hydrogen-bond donors (Lipinski definition) is 2. The van der Waals surface area contributed by atoms with Crippen LogP contribution in [0, 0.1) is 5.92 Å². The van der Waals surface area contributed by atoms with E-state index in [4.69, 9.17) is 38.9 Å². The summed E-state index contributed by atoms with van der Waals surface area (Å²) < 4.78 is 41.7. The van der Waals surface area contributed by atoms with Crippen LogP contribution in [0.25, 0.3) is 0 Å². The van der Waals surface area contributed by atoms with Gasteiger partial charge in [-0.1, -0.05) is 0 Å². The van der Waals surface area contributed by atoms with Crippen LogP contribution in [0.4, 0.5) is 5.69 Å². The van der Waals surface area contributed by atoms with Crippen LogP contribution >= 0.6 is 0 Å². The Bertz CT molecular complexity index is 1190. The monoisotopic (exact) mass is 500 g/mol. The number of carbonyl (C=O) groups excluding carboxylic acids is 1. The van der Waals surface area contributed by atoms with Crippen molar-refractivity contribution in [3.63, 3.8) is 0 Å². The summed E-state index contributed by atoms with van der Waals surface area (Å²) in [6.07, 6.45) is 0.565. The zero-order valence-electron chi connectivity index (χ0n) is 21.2. The molecule has 0 bridgehead atoms. The number of nitrogen functional groups attached to an aromatic ring is 1. The van der Waals surface area contributed by atoms with Gasteiger partial charge in [-0.2, -0.15) is 0 Å². The summed E-state index contributed by atoms with van der Waals surface area (Å²) in [4.78, 5) is 13.4. The number of dihydropyridines is 1. The first-order valence-electron chi connectivity index (χ1n) is 12.2. The molecule has 0 spiro atoms. The second-order valence-corrected chi connectivity index (χ2v) is 8.73. The summed E-state index contributed by atoms with van der Waals surface area (Å²) in [5.74, 6) is 1.24. The molecule has 3 atom stereocenters. The first-order chi connectivity index (χ1) is 17.5. The Morgan fingerprint density at radius 3 is 2.44 bits per heavy atom. The molecule has 1 aromatic carbocycles. The minimum Gasteiger partial charge on any atom is -0.489 e. The van der Waals surface area contributed by atoms with Gasteiger partial charge in [-0.05, 0) is 38.8 Å². The smallest absolute Gasteiger partial charge is 0.341 e. The van der Waals surface area contributed by atoms with Crippen molar-refractivity contribution in [1.29, 1.82) is 0 Å². The summed E-state index contributed by atoms with van der Waals surface area (Å²) in [6.45, 7) is 9.36. The lowest BCUT2D eigenvalue weighted by Crippen LogP contribution is -2.39. The number of methoxy groups -OCH3 is 1. The molecule has 3 heterocycles. The fourth-order valence-electron chi connectivity index (χ4n) is 5.50. The number of cyclic esters (lactones) is 1. The Morgan fingerprint density at radius 1 is 1.06 bits per heavy atom. The van der Waals surface area contributed by atoms with Crippen molar-refractivity contribution in [3.8, 4) is 17.2 Å². The van der Waals surface area contributed by atoms with E-state index in [9.17, 15) is 4.79 Å². The van der Waals surface area contributed by atoms with Crippen LogP contribution in [0.5, 0.6) is 17.2 Å². The zero-order chi connectivity index (χ0) is 25.6. The van der Waals surface area contributed by atoms with E-state index in [0.29, 0.717) is 54.9 Å². The highest BCUT2D eigenvalue weighted by Gasteiger charge is 2.54. The molecule has 4 aliphatic rings. The van der Waals surface area contributed by atoms with Crippen molar-refractivity contribution in [3.05, 3.63) is 45.6 Å². The molecule has 0 amide bonds. The largest absolute Gasteiger partial charge is 0.489 e. The summed E-state index contributed by atoms with van der Waals surface area (Å²) >= 11 is 0. The van der Waals surface area contributed by atoms with Gasteiger partial charge in [-0.25, -0.2) is 4.79 Å². The molecular formula is C26H32N2O8. The fourth-order valence-corrected chi connectivity index (χ4v) is 5.50. The minimum atomic E-state index is -0.777. The molecule has 3 aliphatic heterocycles. The van der Waals surface area contributed by atoms with E-state index in [1.807, 2.05) is 33.9 Å². The summed E-state index contributed by atoms with van der Waals surface area (Å²) in [7, 11) is 1.61. The van der Waals surface area contributed by atoms with Crippen molar-refractivity contribution in [2.45, 2.75) is 39.9 Å². The van der Waals surface area contributed by atoms with Crippen LogP contribution in [0.15, 0.2) is 34.4 Å². The first-order valence-corrected chi connectivity index (χ1v) is 12.2. The maximum absolute atomic E-state index is 13.4. The molecule has 10 nitrogen and oxygen atoms in total. The molecule has 5 rings (SSSR count). The Labute approximate surface area is 209 Å². The van der Waals surface area contributed by atoms with Gasteiger partial charge in [-0.15, -0.1) is 0 Å². The van der Waals surface area contributed by atoms with Gasteiger partial charge < -0.3 is 44.2 Å². The average molecular weight is 501 g/mol. The van der Waals surface area contributed by atoms with E-state index in [1.54, 1.807) is 7.11 Å². The number of nitrogens with two attached hydrogens (primary N) is 1. The Hall–Kier alpha value is -3.53. The normalized spacial score (nSPS) is 24.1. The van der Waals surface area contributed by atoms with Crippen LogP contribution in [-0.4, -0.2) is 52.3 Å². The standard InChI is InChI=1S/C26H32N2O8/c1-6-31-22-17-15(18(27)23(32-7-2)25(22)33-8-3)26(29)36-20(17)16-14-12(4)9-28-10-13(14)19-24(21(16)30-5)35-11-34-19/h10,16,20-21,28H,6-9,11,27H2,1-5H3. The van der Waals surface area contributed by atoms with Gasteiger partial charge in [0.05, 0.1) is 42.6 Å². The van der Waals surface area contributed by atoms with Crippen molar-refractivity contribution in [1.82, 2.24) is 5.32 Å². The SMILES string of the molecule is CCOc1c(N)c2c(c(OCC)c1OCC)C(C1C3=C(C)CNC=C3C3=C(OCO3)C1OC)OC2=O. The number of fused-ring (bicyclic) bond motifs is 3. The van der Waals surface area contributed by atoms with Crippen molar-refractivity contribution < 1.29 is 38.0 Å². The molecule has 36 heavy (non-hydrogen) atoms. The molecule has 0 fully saturated rings. The lowest BCUT2D eigenvalue weighted by Gasteiger charge is -2.39. The van der Waals surface area contributed by atoms with Gasteiger partial charge in [0.15, 0.2) is 23.0 Å². The molecule has 0 radical (unpaired) electrons.